The van der Waals surface area contributed by atoms with E-state index in [0.717, 1.165) is 24.0 Å². The fourth-order valence-corrected chi connectivity index (χ4v) is 2.00. The molecule has 1 aromatic carbocycles. The zero-order chi connectivity index (χ0) is 14.1. The van der Waals surface area contributed by atoms with Crippen molar-refractivity contribution < 1.29 is 4.74 Å². The standard InChI is InChI=1S/C16H26BrNO/c1-16(2,3)18-11-5-4-6-12-19-13-14-7-9-15(17)10-8-14/h7-10,18H,4-6,11-13H2,1-3H3. The lowest BCUT2D eigenvalue weighted by atomic mass is 10.1. The normalized spacial score (nSPS) is 11.8. The monoisotopic (exact) mass is 327 g/mol. The van der Waals surface area contributed by atoms with Crippen LogP contribution in [-0.2, 0) is 11.3 Å². The minimum absolute atomic E-state index is 0.234. The molecule has 0 bridgehead atoms. The number of ether oxygens (including phenoxy) is 1. The molecule has 0 saturated carbocycles. The zero-order valence-corrected chi connectivity index (χ0v) is 13.9. The van der Waals surface area contributed by atoms with E-state index in [4.69, 9.17) is 4.74 Å². The minimum atomic E-state index is 0.234. The lowest BCUT2D eigenvalue weighted by Gasteiger charge is -2.20. The number of unbranched alkanes of at least 4 members (excludes halogenated alkanes) is 2. The first-order chi connectivity index (χ1) is 8.97. The van der Waals surface area contributed by atoms with Crippen molar-refractivity contribution in [3.8, 4) is 0 Å². The Kier molecular flexibility index (Phi) is 7.66. The summed E-state index contributed by atoms with van der Waals surface area (Å²) in [7, 11) is 0. The van der Waals surface area contributed by atoms with Crippen LogP contribution in [0.25, 0.3) is 0 Å². The third-order valence-corrected chi connectivity index (χ3v) is 3.33. The third kappa shape index (κ3) is 9.20. The molecule has 0 unspecified atom stereocenters. The van der Waals surface area contributed by atoms with Crippen LogP contribution in [0.4, 0.5) is 0 Å². The van der Waals surface area contributed by atoms with Gasteiger partial charge < -0.3 is 10.1 Å². The van der Waals surface area contributed by atoms with E-state index in [-0.39, 0.29) is 5.54 Å². The summed E-state index contributed by atoms with van der Waals surface area (Å²) in [5, 5.41) is 3.50. The second kappa shape index (κ2) is 8.72. The molecule has 0 amide bonds. The molecule has 0 aliphatic carbocycles. The van der Waals surface area contributed by atoms with E-state index in [1.165, 1.54) is 18.4 Å². The first-order valence-corrected chi connectivity index (χ1v) is 7.84. The molecule has 0 atom stereocenters. The number of hydrogen-bond acceptors (Lipinski definition) is 2. The van der Waals surface area contributed by atoms with E-state index in [0.29, 0.717) is 6.61 Å². The molecule has 3 heteroatoms. The highest BCUT2D eigenvalue weighted by Crippen LogP contribution is 2.11. The van der Waals surface area contributed by atoms with E-state index in [9.17, 15) is 0 Å². The molecular weight excluding hydrogens is 302 g/mol. The molecule has 19 heavy (non-hydrogen) atoms. The van der Waals surface area contributed by atoms with Crippen LogP contribution in [0.2, 0.25) is 0 Å². The Morgan fingerprint density at radius 2 is 1.74 bits per heavy atom. The predicted molar refractivity (Wildman–Crippen MR) is 85.4 cm³/mol. The Morgan fingerprint density at radius 3 is 2.37 bits per heavy atom. The highest BCUT2D eigenvalue weighted by atomic mass is 79.9. The van der Waals surface area contributed by atoms with Crippen molar-refractivity contribution in [2.24, 2.45) is 0 Å². The van der Waals surface area contributed by atoms with Gasteiger partial charge in [-0.05, 0) is 64.3 Å². The van der Waals surface area contributed by atoms with Gasteiger partial charge in [0.15, 0.2) is 0 Å². The van der Waals surface area contributed by atoms with Gasteiger partial charge in [0.1, 0.15) is 0 Å². The molecule has 0 aliphatic heterocycles. The van der Waals surface area contributed by atoms with Crippen molar-refractivity contribution in [1.29, 1.82) is 0 Å². The maximum absolute atomic E-state index is 5.67. The van der Waals surface area contributed by atoms with Gasteiger partial charge in [-0.15, -0.1) is 0 Å². The van der Waals surface area contributed by atoms with Gasteiger partial charge in [-0.25, -0.2) is 0 Å². The van der Waals surface area contributed by atoms with Crippen molar-refractivity contribution in [3.63, 3.8) is 0 Å². The summed E-state index contributed by atoms with van der Waals surface area (Å²) < 4.78 is 6.78. The fourth-order valence-electron chi connectivity index (χ4n) is 1.74. The van der Waals surface area contributed by atoms with Crippen LogP contribution in [0.5, 0.6) is 0 Å². The van der Waals surface area contributed by atoms with Gasteiger partial charge in [-0.2, -0.15) is 0 Å². The van der Waals surface area contributed by atoms with E-state index >= 15 is 0 Å². The second-order valence-corrected chi connectivity index (χ2v) is 6.83. The molecule has 0 spiro atoms. The molecule has 1 aromatic rings. The van der Waals surface area contributed by atoms with Crippen LogP contribution in [-0.4, -0.2) is 18.7 Å². The second-order valence-electron chi connectivity index (χ2n) is 5.92. The molecule has 0 fully saturated rings. The molecule has 108 valence electrons. The molecule has 0 aliphatic rings. The average molecular weight is 328 g/mol. The summed E-state index contributed by atoms with van der Waals surface area (Å²) in [6, 6.07) is 8.29. The lowest BCUT2D eigenvalue weighted by Crippen LogP contribution is -2.36. The topological polar surface area (TPSA) is 21.3 Å². The van der Waals surface area contributed by atoms with E-state index in [1.807, 2.05) is 0 Å². The SMILES string of the molecule is CC(C)(C)NCCCCCOCc1ccc(Br)cc1. The van der Waals surface area contributed by atoms with Gasteiger partial charge in [-0.3, -0.25) is 0 Å². The lowest BCUT2D eigenvalue weighted by molar-refractivity contribution is 0.116. The molecule has 0 heterocycles. The van der Waals surface area contributed by atoms with Crippen molar-refractivity contribution in [2.75, 3.05) is 13.2 Å². The number of nitrogens with one attached hydrogen (secondary N) is 1. The van der Waals surface area contributed by atoms with E-state index in [1.54, 1.807) is 0 Å². The number of rotatable bonds is 8. The fraction of sp³-hybridized carbons (Fsp3) is 0.625. The quantitative estimate of drug-likeness (QED) is 0.708. The summed E-state index contributed by atoms with van der Waals surface area (Å²) in [5.74, 6) is 0. The zero-order valence-electron chi connectivity index (χ0n) is 12.3. The Hall–Kier alpha value is -0.380. The van der Waals surface area contributed by atoms with Gasteiger partial charge in [0, 0.05) is 16.6 Å². The number of hydrogen-bond donors (Lipinski definition) is 1. The first-order valence-electron chi connectivity index (χ1n) is 7.04. The number of halogens is 1. The Balaban J connectivity index is 1.95. The van der Waals surface area contributed by atoms with Gasteiger partial charge in [-0.1, -0.05) is 28.1 Å². The van der Waals surface area contributed by atoms with Crippen LogP contribution < -0.4 is 5.32 Å². The molecule has 0 aromatic heterocycles. The first kappa shape index (κ1) is 16.7. The molecule has 2 nitrogen and oxygen atoms in total. The van der Waals surface area contributed by atoms with Gasteiger partial charge in [0.2, 0.25) is 0 Å². The highest BCUT2D eigenvalue weighted by Gasteiger charge is 2.06. The molecule has 1 rings (SSSR count). The van der Waals surface area contributed by atoms with Crippen molar-refractivity contribution >= 4 is 15.9 Å². The van der Waals surface area contributed by atoms with Crippen molar-refractivity contribution in [1.82, 2.24) is 5.32 Å². The van der Waals surface area contributed by atoms with Crippen molar-refractivity contribution in [2.45, 2.75) is 52.2 Å². The smallest absolute Gasteiger partial charge is 0.0716 e. The van der Waals surface area contributed by atoms with Gasteiger partial charge in [0.05, 0.1) is 6.61 Å². The maximum atomic E-state index is 5.67. The molecule has 0 radical (unpaired) electrons. The van der Waals surface area contributed by atoms with Crippen molar-refractivity contribution in [3.05, 3.63) is 34.3 Å². The van der Waals surface area contributed by atoms with Gasteiger partial charge in [0.25, 0.3) is 0 Å². The summed E-state index contributed by atoms with van der Waals surface area (Å²) in [6.07, 6.45) is 3.59. The highest BCUT2D eigenvalue weighted by molar-refractivity contribution is 9.10. The van der Waals surface area contributed by atoms with Gasteiger partial charge >= 0.3 is 0 Å². The van der Waals surface area contributed by atoms with Crippen LogP contribution in [0.15, 0.2) is 28.7 Å². The summed E-state index contributed by atoms with van der Waals surface area (Å²) in [4.78, 5) is 0. The predicted octanol–water partition coefficient (Wildman–Crippen LogP) is 4.52. The minimum Gasteiger partial charge on any atom is -0.377 e. The van der Waals surface area contributed by atoms with E-state index in [2.05, 4.69) is 66.3 Å². The average Bonchev–Trinajstić information content (AvgIpc) is 2.33. The Bertz CT molecular complexity index is 343. The molecular formula is C16H26BrNO. The summed E-state index contributed by atoms with van der Waals surface area (Å²) in [5.41, 5.74) is 1.47. The van der Waals surface area contributed by atoms with Crippen LogP contribution in [0, 0.1) is 0 Å². The molecule has 1 N–H and O–H groups in total. The van der Waals surface area contributed by atoms with Crippen LogP contribution in [0.1, 0.15) is 45.6 Å². The Labute approximate surface area is 126 Å². The van der Waals surface area contributed by atoms with Crippen LogP contribution in [0.3, 0.4) is 0 Å². The Morgan fingerprint density at radius 1 is 1.05 bits per heavy atom. The summed E-state index contributed by atoms with van der Waals surface area (Å²) in [6.45, 7) is 9.27. The maximum Gasteiger partial charge on any atom is 0.0716 e. The molecule has 0 saturated heterocycles. The third-order valence-electron chi connectivity index (χ3n) is 2.80. The van der Waals surface area contributed by atoms with E-state index < -0.39 is 0 Å². The summed E-state index contributed by atoms with van der Waals surface area (Å²) >= 11 is 3.43. The largest absolute Gasteiger partial charge is 0.377 e. The number of benzene rings is 1. The van der Waals surface area contributed by atoms with Crippen LogP contribution >= 0.6 is 15.9 Å².